The van der Waals surface area contributed by atoms with Gasteiger partial charge in [-0.15, -0.1) is 11.3 Å². The van der Waals surface area contributed by atoms with Crippen LogP contribution in [0.5, 0.6) is 0 Å². The Morgan fingerprint density at radius 2 is 1.75 bits per heavy atom. The van der Waals surface area contributed by atoms with Crippen molar-refractivity contribution in [3.05, 3.63) is 52.2 Å². The van der Waals surface area contributed by atoms with Crippen molar-refractivity contribution >= 4 is 27.3 Å². The Bertz CT molecular complexity index is 915. The van der Waals surface area contributed by atoms with Crippen molar-refractivity contribution in [3.63, 3.8) is 0 Å². The maximum absolute atomic E-state index is 13.0. The Balaban J connectivity index is 1.50. The van der Waals surface area contributed by atoms with Gasteiger partial charge in [-0.3, -0.25) is 4.79 Å². The third-order valence-electron chi connectivity index (χ3n) is 5.87. The number of hydrogen-bond donors (Lipinski definition) is 0. The highest BCUT2D eigenvalue weighted by molar-refractivity contribution is 7.89. The van der Waals surface area contributed by atoms with Crippen molar-refractivity contribution in [2.24, 2.45) is 5.92 Å². The van der Waals surface area contributed by atoms with Gasteiger partial charge in [-0.05, 0) is 67.3 Å². The zero-order valence-electron chi connectivity index (χ0n) is 16.1. The highest BCUT2D eigenvalue weighted by atomic mass is 32.2. The molecule has 150 valence electrons. The molecule has 2 aromatic rings. The van der Waals surface area contributed by atoms with E-state index in [0.717, 1.165) is 32.2 Å². The lowest BCUT2D eigenvalue weighted by Gasteiger charge is -2.29. The Morgan fingerprint density at radius 1 is 1.04 bits per heavy atom. The van der Waals surface area contributed by atoms with Gasteiger partial charge in [-0.2, -0.15) is 4.31 Å². The standard InChI is InChI=1S/C21H26N2O3S2/c1-16-10-13-22(14-11-16)28(25,26)18-8-6-17(7-9-18)21(24)23-12-2-4-19(23)20-5-3-15-27-20/h3,5-9,15-16,19H,2,4,10-14H2,1H3. The Kier molecular flexibility index (Phi) is 5.58. The molecule has 0 aliphatic carbocycles. The highest BCUT2D eigenvalue weighted by Crippen LogP contribution is 2.35. The van der Waals surface area contributed by atoms with Crippen LogP contribution in [0.1, 0.15) is 53.9 Å². The molecule has 5 nitrogen and oxygen atoms in total. The molecule has 0 spiro atoms. The molecule has 0 radical (unpaired) electrons. The summed E-state index contributed by atoms with van der Waals surface area (Å²) in [6.07, 6.45) is 3.77. The van der Waals surface area contributed by atoms with E-state index >= 15 is 0 Å². The first-order chi connectivity index (χ1) is 13.5. The van der Waals surface area contributed by atoms with Crippen molar-refractivity contribution in [2.45, 2.75) is 43.5 Å². The SMILES string of the molecule is CC1CCN(S(=O)(=O)c2ccc(C(=O)N3CCCC3c3cccs3)cc2)CC1. The van der Waals surface area contributed by atoms with Gasteiger partial charge in [0, 0.05) is 30.1 Å². The second-order valence-corrected chi connectivity index (χ2v) is 10.7. The maximum Gasteiger partial charge on any atom is 0.254 e. The lowest BCUT2D eigenvalue weighted by molar-refractivity contribution is 0.0737. The van der Waals surface area contributed by atoms with Crippen molar-refractivity contribution in [3.8, 4) is 0 Å². The number of nitrogens with zero attached hydrogens (tertiary/aromatic N) is 2. The zero-order chi connectivity index (χ0) is 19.7. The Morgan fingerprint density at radius 3 is 2.39 bits per heavy atom. The second-order valence-electron chi connectivity index (χ2n) is 7.78. The lowest BCUT2D eigenvalue weighted by Crippen LogP contribution is -2.37. The quantitative estimate of drug-likeness (QED) is 0.750. The first-order valence-electron chi connectivity index (χ1n) is 9.91. The van der Waals surface area contributed by atoms with E-state index in [4.69, 9.17) is 0 Å². The average Bonchev–Trinajstić information content (AvgIpc) is 3.39. The minimum Gasteiger partial charge on any atom is -0.331 e. The van der Waals surface area contributed by atoms with E-state index < -0.39 is 10.0 Å². The molecule has 0 saturated carbocycles. The van der Waals surface area contributed by atoms with E-state index in [1.165, 1.54) is 4.88 Å². The number of sulfonamides is 1. The summed E-state index contributed by atoms with van der Waals surface area (Å²) >= 11 is 1.68. The number of rotatable bonds is 4. The summed E-state index contributed by atoms with van der Waals surface area (Å²) in [7, 11) is -3.48. The van der Waals surface area contributed by atoms with Gasteiger partial charge in [-0.25, -0.2) is 8.42 Å². The Labute approximate surface area is 171 Å². The highest BCUT2D eigenvalue weighted by Gasteiger charge is 2.32. The van der Waals surface area contributed by atoms with Crippen LogP contribution in [0.4, 0.5) is 0 Å². The average molecular weight is 419 g/mol. The van der Waals surface area contributed by atoms with Crippen LogP contribution >= 0.6 is 11.3 Å². The van der Waals surface area contributed by atoms with Gasteiger partial charge in [0.15, 0.2) is 0 Å². The smallest absolute Gasteiger partial charge is 0.254 e. The van der Waals surface area contributed by atoms with E-state index in [9.17, 15) is 13.2 Å². The normalized spacial score (nSPS) is 21.9. The van der Waals surface area contributed by atoms with Crippen molar-refractivity contribution in [1.82, 2.24) is 9.21 Å². The third-order valence-corrected chi connectivity index (χ3v) is 8.75. The summed E-state index contributed by atoms with van der Waals surface area (Å²) in [5.74, 6) is 0.551. The molecule has 1 aromatic carbocycles. The minimum absolute atomic E-state index is 0.0216. The molecule has 1 aromatic heterocycles. The van der Waals surface area contributed by atoms with Gasteiger partial charge in [0.2, 0.25) is 10.0 Å². The molecular weight excluding hydrogens is 392 g/mol. The monoisotopic (exact) mass is 418 g/mol. The fourth-order valence-corrected chi connectivity index (χ4v) is 6.44. The summed E-state index contributed by atoms with van der Waals surface area (Å²) in [4.78, 5) is 16.4. The molecule has 0 N–H and O–H groups in total. The summed E-state index contributed by atoms with van der Waals surface area (Å²) in [5.41, 5.74) is 0.551. The summed E-state index contributed by atoms with van der Waals surface area (Å²) in [6, 6.07) is 10.7. The van der Waals surface area contributed by atoms with E-state index in [0.29, 0.717) is 24.6 Å². The first-order valence-corrected chi connectivity index (χ1v) is 12.2. The molecule has 2 saturated heterocycles. The molecule has 1 unspecified atom stereocenters. The molecule has 1 atom stereocenters. The summed E-state index contributed by atoms with van der Waals surface area (Å²) < 4.78 is 27.3. The molecule has 2 aliphatic heterocycles. The molecule has 2 fully saturated rings. The molecule has 1 amide bonds. The van der Waals surface area contributed by atoms with Gasteiger partial charge in [0.1, 0.15) is 0 Å². The van der Waals surface area contributed by atoms with E-state index in [1.807, 2.05) is 16.3 Å². The van der Waals surface area contributed by atoms with Crippen LogP contribution in [0.3, 0.4) is 0 Å². The number of carbonyl (C=O) groups excluding carboxylic acids is 1. The fourth-order valence-electron chi connectivity index (χ4n) is 4.10. The third kappa shape index (κ3) is 3.75. The zero-order valence-corrected chi connectivity index (χ0v) is 17.7. The number of benzene rings is 1. The maximum atomic E-state index is 13.0. The molecule has 28 heavy (non-hydrogen) atoms. The van der Waals surface area contributed by atoms with Crippen LogP contribution < -0.4 is 0 Å². The summed E-state index contributed by atoms with van der Waals surface area (Å²) in [6.45, 7) is 4.04. The van der Waals surface area contributed by atoms with Crippen LogP contribution in [0.15, 0.2) is 46.7 Å². The molecule has 3 heterocycles. The topological polar surface area (TPSA) is 57.7 Å². The van der Waals surface area contributed by atoms with Gasteiger partial charge in [0.25, 0.3) is 5.91 Å². The largest absolute Gasteiger partial charge is 0.331 e. The van der Waals surface area contributed by atoms with Gasteiger partial charge in [-0.1, -0.05) is 13.0 Å². The molecular formula is C21H26N2O3S2. The number of hydrogen-bond acceptors (Lipinski definition) is 4. The number of likely N-dealkylation sites (tertiary alicyclic amines) is 1. The molecule has 0 bridgehead atoms. The first kappa shape index (κ1) is 19.6. The number of amides is 1. The minimum atomic E-state index is -3.48. The number of carbonyl (C=O) groups is 1. The van der Waals surface area contributed by atoms with Gasteiger partial charge >= 0.3 is 0 Å². The Hall–Kier alpha value is -1.70. The lowest BCUT2D eigenvalue weighted by atomic mass is 10.0. The van der Waals surface area contributed by atoms with E-state index in [-0.39, 0.29) is 16.8 Å². The predicted molar refractivity (Wildman–Crippen MR) is 111 cm³/mol. The summed E-state index contributed by atoms with van der Waals surface area (Å²) in [5, 5.41) is 2.04. The van der Waals surface area contributed by atoms with Crippen molar-refractivity contribution in [2.75, 3.05) is 19.6 Å². The van der Waals surface area contributed by atoms with Gasteiger partial charge < -0.3 is 4.90 Å². The predicted octanol–water partition coefficient (Wildman–Crippen LogP) is 4.15. The number of thiophene rings is 1. The van der Waals surface area contributed by atoms with Crippen LogP contribution in [-0.4, -0.2) is 43.2 Å². The van der Waals surface area contributed by atoms with Crippen LogP contribution in [0.2, 0.25) is 0 Å². The van der Waals surface area contributed by atoms with Crippen molar-refractivity contribution in [1.29, 1.82) is 0 Å². The van der Waals surface area contributed by atoms with Crippen molar-refractivity contribution < 1.29 is 13.2 Å². The second kappa shape index (κ2) is 7.97. The molecule has 4 rings (SSSR count). The van der Waals surface area contributed by atoms with E-state index in [2.05, 4.69) is 13.0 Å². The van der Waals surface area contributed by atoms with Crippen LogP contribution in [0, 0.1) is 5.92 Å². The molecule has 2 aliphatic rings. The number of piperidine rings is 1. The van der Waals surface area contributed by atoms with Crippen LogP contribution in [-0.2, 0) is 10.0 Å². The van der Waals surface area contributed by atoms with Gasteiger partial charge in [0.05, 0.1) is 10.9 Å². The molecule has 7 heteroatoms. The van der Waals surface area contributed by atoms with Crippen LogP contribution in [0.25, 0.3) is 0 Å². The van der Waals surface area contributed by atoms with E-state index in [1.54, 1.807) is 39.9 Å². The fraction of sp³-hybridized carbons (Fsp3) is 0.476.